The lowest BCUT2D eigenvalue weighted by atomic mass is 10.2. The highest BCUT2D eigenvalue weighted by Gasteiger charge is 2.26. The lowest BCUT2D eigenvalue weighted by Gasteiger charge is -2.11. The molecule has 90 valence electrons. The predicted octanol–water partition coefficient (Wildman–Crippen LogP) is 0.287. The van der Waals surface area contributed by atoms with Gasteiger partial charge >= 0.3 is 0 Å². The fraction of sp³-hybridized carbons (Fsp3) is 0.333. The quantitative estimate of drug-likeness (QED) is 0.703. The van der Waals surface area contributed by atoms with E-state index in [9.17, 15) is 14.7 Å². The molecular weight excluding hydrogens is 220 g/mol. The van der Waals surface area contributed by atoms with Crippen molar-refractivity contribution in [3.8, 4) is 5.75 Å². The van der Waals surface area contributed by atoms with Gasteiger partial charge in [-0.15, -0.1) is 0 Å². The minimum atomic E-state index is -0.437. The first-order valence-corrected chi connectivity index (χ1v) is 5.51. The highest BCUT2D eigenvalue weighted by atomic mass is 16.3. The minimum absolute atomic E-state index is 0.0901. The minimum Gasteiger partial charge on any atom is -0.508 e. The predicted molar refractivity (Wildman–Crippen MR) is 61.1 cm³/mol. The highest BCUT2D eigenvalue weighted by Crippen LogP contribution is 2.15. The smallest absolute Gasteiger partial charge is 0.242 e. The fourth-order valence-electron chi connectivity index (χ4n) is 1.78. The van der Waals surface area contributed by atoms with Gasteiger partial charge in [0.2, 0.25) is 11.8 Å². The van der Waals surface area contributed by atoms with E-state index in [0.29, 0.717) is 18.4 Å². The Hall–Kier alpha value is -2.04. The number of hydrogen-bond acceptors (Lipinski definition) is 3. The molecule has 5 nitrogen and oxygen atoms in total. The van der Waals surface area contributed by atoms with Crippen molar-refractivity contribution in [2.75, 3.05) is 0 Å². The lowest BCUT2D eigenvalue weighted by molar-refractivity contribution is -0.125. The maximum absolute atomic E-state index is 11.7. The van der Waals surface area contributed by atoms with Crippen LogP contribution < -0.4 is 10.6 Å². The zero-order chi connectivity index (χ0) is 12.3. The fourth-order valence-corrected chi connectivity index (χ4v) is 1.78. The molecule has 0 spiro atoms. The third kappa shape index (κ3) is 2.75. The number of benzene rings is 1. The van der Waals surface area contributed by atoms with E-state index in [1.807, 2.05) is 0 Å². The Kier molecular flexibility index (Phi) is 3.27. The molecule has 3 N–H and O–H groups in total. The van der Waals surface area contributed by atoms with Crippen LogP contribution >= 0.6 is 0 Å². The van der Waals surface area contributed by atoms with Crippen LogP contribution in [0.3, 0.4) is 0 Å². The van der Waals surface area contributed by atoms with Crippen LogP contribution in [0.5, 0.6) is 5.75 Å². The molecule has 1 heterocycles. The summed E-state index contributed by atoms with van der Waals surface area (Å²) in [6.07, 6.45) is 0.931. The number of amides is 2. The molecule has 1 aromatic rings. The van der Waals surface area contributed by atoms with Gasteiger partial charge in [-0.2, -0.15) is 0 Å². The van der Waals surface area contributed by atoms with Crippen LogP contribution in [0.4, 0.5) is 0 Å². The molecule has 0 aliphatic carbocycles. The normalized spacial score (nSPS) is 18.8. The molecular formula is C12H14N2O3. The first-order valence-electron chi connectivity index (χ1n) is 5.51. The van der Waals surface area contributed by atoms with E-state index in [-0.39, 0.29) is 24.1 Å². The first-order chi connectivity index (χ1) is 8.16. The van der Waals surface area contributed by atoms with Gasteiger partial charge in [0.25, 0.3) is 0 Å². The second-order valence-corrected chi connectivity index (χ2v) is 4.01. The molecule has 1 fully saturated rings. The van der Waals surface area contributed by atoms with Crippen molar-refractivity contribution in [2.24, 2.45) is 0 Å². The number of carbonyl (C=O) groups excluding carboxylic acids is 2. The van der Waals surface area contributed by atoms with Gasteiger partial charge in [-0.1, -0.05) is 18.2 Å². The Bertz CT molecular complexity index is 445. The Balaban J connectivity index is 1.88. The maximum atomic E-state index is 11.7. The van der Waals surface area contributed by atoms with Crippen LogP contribution in [0.25, 0.3) is 0 Å². The second kappa shape index (κ2) is 4.86. The molecule has 1 aliphatic heterocycles. The molecule has 17 heavy (non-hydrogen) atoms. The summed E-state index contributed by atoms with van der Waals surface area (Å²) in [7, 11) is 0. The summed E-state index contributed by atoms with van der Waals surface area (Å²) < 4.78 is 0. The van der Waals surface area contributed by atoms with Gasteiger partial charge in [0, 0.05) is 18.5 Å². The number of phenolic OH excluding ortho intramolecular Hbond substituents is 1. The van der Waals surface area contributed by atoms with Crippen molar-refractivity contribution >= 4 is 11.8 Å². The Labute approximate surface area is 98.8 Å². The van der Waals surface area contributed by atoms with Crippen LogP contribution in [0.15, 0.2) is 24.3 Å². The van der Waals surface area contributed by atoms with Gasteiger partial charge in [-0.25, -0.2) is 0 Å². The standard InChI is InChI=1S/C12H14N2O3/c15-10-4-2-1-3-8(10)7-13-12(17)9-5-6-11(16)14-9/h1-4,9,15H,5-7H2,(H,13,17)(H,14,16). The van der Waals surface area contributed by atoms with E-state index in [2.05, 4.69) is 10.6 Å². The summed E-state index contributed by atoms with van der Waals surface area (Å²) in [5.74, 6) is -0.143. The summed E-state index contributed by atoms with van der Waals surface area (Å²) in [6, 6.07) is 6.38. The van der Waals surface area contributed by atoms with Crippen LogP contribution in [0.2, 0.25) is 0 Å². The molecule has 1 atom stereocenters. The zero-order valence-corrected chi connectivity index (χ0v) is 9.27. The van der Waals surface area contributed by atoms with Crippen molar-refractivity contribution in [3.05, 3.63) is 29.8 Å². The molecule has 0 radical (unpaired) electrons. The van der Waals surface area contributed by atoms with Gasteiger partial charge in [-0.3, -0.25) is 9.59 Å². The summed E-state index contributed by atoms with van der Waals surface area (Å²) in [4.78, 5) is 22.6. The van der Waals surface area contributed by atoms with Crippen molar-refractivity contribution in [3.63, 3.8) is 0 Å². The van der Waals surface area contributed by atoms with E-state index >= 15 is 0 Å². The number of phenols is 1. The Morgan fingerprint density at radius 2 is 2.24 bits per heavy atom. The monoisotopic (exact) mass is 234 g/mol. The van der Waals surface area contributed by atoms with Crippen molar-refractivity contribution < 1.29 is 14.7 Å². The number of para-hydroxylation sites is 1. The summed E-state index contributed by atoms with van der Waals surface area (Å²) in [6.45, 7) is 0.262. The molecule has 2 rings (SSSR count). The van der Waals surface area contributed by atoms with Gasteiger partial charge in [0.05, 0.1) is 0 Å². The molecule has 1 aliphatic rings. The van der Waals surface area contributed by atoms with E-state index < -0.39 is 6.04 Å². The van der Waals surface area contributed by atoms with E-state index in [1.54, 1.807) is 24.3 Å². The third-order valence-corrected chi connectivity index (χ3v) is 2.76. The number of nitrogens with one attached hydrogen (secondary N) is 2. The van der Waals surface area contributed by atoms with Gasteiger partial charge in [-0.05, 0) is 12.5 Å². The molecule has 0 saturated carbocycles. The van der Waals surface area contributed by atoms with Gasteiger partial charge in [0.1, 0.15) is 11.8 Å². The van der Waals surface area contributed by atoms with E-state index in [0.717, 1.165) is 0 Å². The molecule has 0 aromatic heterocycles. The number of hydrogen-bond donors (Lipinski definition) is 3. The summed E-state index contributed by atoms with van der Waals surface area (Å²) in [5, 5.41) is 14.8. The van der Waals surface area contributed by atoms with Crippen molar-refractivity contribution in [1.29, 1.82) is 0 Å². The number of aromatic hydroxyl groups is 1. The van der Waals surface area contributed by atoms with Crippen LogP contribution in [-0.2, 0) is 16.1 Å². The van der Waals surface area contributed by atoms with Crippen molar-refractivity contribution in [2.45, 2.75) is 25.4 Å². The molecule has 1 aromatic carbocycles. The largest absolute Gasteiger partial charge is 0.508 e. The van der Waals surface area contributed by atoms with Crippen LogP contribution in [0, 0.1) is 0 Å². The maximum Gasteiger partial charge on any atom is 0.242 e. The Morgan fingerprint density at radius 3 is 2.88 bits per heavy atom. The van der Waals surface area contributed by atoms with Crippen LogP contribution in [-0.4, -0.2) is 23.0 Å². The second-order valence-electron chi connectivity index (χ2n) is 4.01. The van der Waals surface area contributed by atoms with Gasteiger partial charge < -0.3 is 15.7 Å². The average Bonchev–Trinajstić information content (AvgIpc) is 2.74. The number of rotatable bonds is 3. The zero-order valence-electron chi connectivity index (χ0n) is 9.27. The Morgan fingerprint density at radius 1 is 1.47 bits per heavy atom. The lowest BCUT2D eigenvalue weighted by Crippen LogP contribution is -2.41. The summed E-state index contributed by atoms with van der Waals surface area (Å²) >= 11 is 0. The first kappa shape index (κ1) is 11.4. The highest BCUT2D eigenvalue weighted by molar-refractivity contribution is 5.90. The van der Waals surface area contributed by atoms with Gasteiger partial charge in [0.15, 0.2) is 0 Å². The molecule has 2 amide bonds. The van der Waals surface area contributed by atoms with Crippen molar-refractivity contribution in [1.82, 2.24) is 10.6 Å². The molecule has 5 heteroatoms. The molecule has 0 bridgehead atoms. The molecule has 1 unspecified atom stereocenters. The SMILES string of the molecule is O=C1CCC(C(=O)NCc2ccccc2O)N1. The van der Waals surface area contributed by atoms with Crippen LogP contribution in [0.1, 0.15) is 18.4 Å². The topological polar surface area (TPSA) is 78.4 Å². The summed E-state index contributed by atoms with van der Waals surface area (Å²) in [5.41, 5.74) is 0.658. The number of carbonyl (C=O) groups is 2. The third-order valence-electron chi connectivity index (χ3n) is 2.76. The van der Waals surface area contributed by atoms with E-state index in [1.165, 1.54) is 0 Å². The van der Waals surface area contributed by atoms with E-state index in [4.69, 9.17) is 0 Å². The molecule has 1 saturated heterocycles. The average molecular weight is 234 g/mol.